The van der Waals surface area contributed by atoms with Crippen LogP contribution < -0.4 is 10.1 Å². The number of aryl methyl sites for hydroxylation is 1. The maximum Gasteiger partial charge on any atom is 0.258 e. The van der Waals surface area contributed by atoms with E-state index in [1.54, 1.807) is 11.3 Å². The van der Waals surface area contributed by atoms with Gasteiger partial charge >= 0.3 is 0 Å². The Balaban J connectivity index is 1.58. The van der Waals surface area contributed by atoms with Crippen molar-refractivity contribution in [1.29, 1.82) is 0 Å². The quantitative estimate of drug-likeness (QED) is 0.941. The van der Waals surface area contributed by atoms with E-state index in [4.69, 9.17) is 4.74 Å². The molecule has 0 saturated heterocycles. The van der Waals surface area contributed by atoms with Crippen molar-refractivity contribution in [3.05, 3.63) is 16.8 Å². The lowest BCUT2D eigenvalue weighted by Crippen LogP contribution is -2.30. The van der Waals surface area contributed by atoms with Crippen molar-refractivity contribution in [3.8, 4) is 5.88 Å². The monoisotopic (exact) mass is 317 g/mol. The van der Waals surface area contributed by atoms with Crippen LogP contribution in [0.4, 0.5) is 0 Å². The van der Waals surface area contributed by atoms with Gasteiger partial charge in [0.2, 0.25) is 5.88 Å². The number of ether oxygens (including phenoxy) is 1. The van der Waals surface area contributed by atoms with Crippen LogP contribution in [0.3, 0.4) is 0 Å². The fourth-order valence-electron chi connectivity index (χ4n) is 2.99. The van der Waals surface area contributed by atoms with E-state index < -0.39 is 0 Å². The van der Waals surface area contributed by atoms with Crippen LogP contribution in [-0.2, 0) is 17.6 Å². The standard InChI is InChI=1S/C16H19N3O2S/c1-9-2-5-11-12(6-9)22-16-14(11)15(17-8-18-16)21-7-13(20)19-10-3-4-10/h8-10H,2-7H2,1H3,(H,19,20). The number of carbonyl (C=O) groups is 1. The van der Waals surface area contributed by atoms with E-state index in [9.17, 15) is 4.79 Å². The van der Waals surface area contributed by atoms with E-state index >= 15 is 0 Å². The lowest BCUT2D eigenvalue weighted by molar-refractivity contribution is -0.123. The normalized spacial score (nSPS) is 20.7. The molecule has 2 aromatic heterocycles. The van der Waals surface area contributed by atoms with E-state index in [2.05, 4.69) is 22.2 Å². The molecule has 1 atom stereocenters. The van der Waals surface area contributed by atoms with Gasteiger partial charge in [0.15, 0.2) is 6.61 Å². The third kappa shape index (κ3) is 2.67. The maximum absolute atomic E-state index is 11.8. The largest absolute Gasteiger partial charge is 0.467 e. The van der Waals surface area contributed by atoms with Gasteiger partial charge in [0.05, 0.1) is 5.39 Å². The average Bonchev–Trinajstić information content (AvgIpc) is 3.23. The van der Waals surface area contributed by atoms with Crippen LogP contribution in [0.1, 0.15) is 36.6 Å². The molecule has 116 valence electrons. The predicted octanol–water partition coefficient (Wildman–Crippen LogP) is 2.47. The van der Waals surface area contributed by atoms with Crippen LogP contribution in [0.5, 0.6) is 5.88 Å². The molecule has 1 saturated carbocycles. The topological polar surface area (TPSA) is 64.1 Å². The first-order chi connectivity index (χ1) is 10.7. The summed E-state index contributed by atoms with van der Waals surface area (Å²) >= 11 is 1.74. The summed E-state index contributed by atoms with van der Waals surface area (Å²) in [4.78, 5) is 22.8. The number of aromatic nitrogens is 2. The Bertz CT molecular complexity index is 723. The summed E-state index contributed by atoms with van der Waals surface area (Å²) in [6, 6.07) is 0.358. The third-order valence-corrected chi connectivity index (χ3v) is 5.50. The number of hydrogen-bond donors (Lipinski definition) is 1. The number of rotatable bonds is 4. The van der Waals surface area contributed by atoms with Crippen molar-refractivity contribution < 1.29 is 9.53 Å². The van der Waals surface area contributed by atoms with Gasteiger partial charge in [0, 0.05) is 10.9 Å². The summed E-state index contributed by atoms with van der Waals surface area (Å²) in [7, 11) is 0. The van der Waals surface area contributed by atoms with Gasteiger partial charge in [0.25, 0.3) is 5.91 Å². The summed E-state index contributed by atoms with van der Waals surface area (Å²) in [5, 5.41) is 3.95. The van der Waals surface area contributed by atoms with Crippen LogP contribution in [-0.4, -0.2) is 28.5 Å². The minimum atomic E-state index is -0.0630. The number of nitrogens with zero attached hydrogens (tertiary/aromatic N) is 2. The molecular weight excluding hydrogens is 298 g/mol. The van der Waals surface area contributed by atoms with E-state index in [-0.39, 0.29) is 12.5 Å². The lowest BCUT2D eigenvalue weighted by atomic mass is 9.89. The Hall–Kier alpha value is -1.69. The molecule has 0 aliphatic heterocycles. The Morgan fingerprint density at radius 2 is 2.27 bits per heavy atom. The smallest absolute Gasteiger partial charge is 0.258 e. The van der Waals surface area contributed by atoms with Gasteiger partial charge in [0.1, 0.15) is 11.2 Å². The second-order valence-corrected chi connectivity index (χ2v) is 7.42. The van der Waals surface area contributed by atoms with E-state index in [1.807, 2.05) is 0 Å². The molecule has 1 amide bonds. The van der Waals surface area contributed by atoms with Crippen molar-refractivity contribution in [2.24, 2.45) is 5.92 Å². The molecule has 5 nitrogen and oxygen atoms in total. The average molecular weight is 317 g/mol. The number of carbonyl (C=O) groups excluding carboxylic acids is 1. The number of nitrogens with one attached hydrogen (secondary N) is 1. The molecule has 4 rings (SSSR count). The van der Waals surface area contributed by atoms with Crippen LogP contribution in [0.2, 0.25) is 0 Å². The predicted molar refractivity (Wildman–Crippen MR) is 85.3 cm³/mol. The van der Waals surface area contributed by atoms with Gasteiger partial charge in [-0.3, -0.25) is 4.79 Å². The van der Waals surface area contributed by atoms with Crippen molar-refractivity contribution >= 4 is 27.5 Å². The zero-order valence-electron chi connectivity index (χ0n) is 12.6. The summed E-state index contributed by atoms with van der Waals surface area (Å²) in [5.41, 5.74) is 1.33. The van der Waals surface area contributed by atoms with Crippen molar-refractivity contribution in [2.75, 3.05) is 6.61 Å². The van der Waals surface area contributed by atoms with Gasteiger partial charge in [-0.1, -0.05) is 6.92 Å². The van der Waals surface area contributed by atoms with E-state index in [0.29, 0.717) is 11.9 Å². The van der Waals surface area contributed by atoms with Gasteiger partial charge in [-0.15, -0.1) is 11.3 Å². The molecular formula is C16H19N3O2S. The molecule has 0 spiro atoms. The van der Waals surface area contributed by atoms with Crippen LogP contribution in [0.25, 0.3) is 10.2 Å². The van der Waals surface area contributed by atoms with E-state index in [1.165, 1.54) is 23.2 Å². The molecule has 0 aromatic carbocycles. The minimum absolute atomic E-state index is 0.0314. The highest BCUT2D eigenvalue weighted by molar-refractivity contribution is 7.18. The molecule has 1 N–H and O–H groups in total. The molecule has 2 aromatic rings. The lowest BCUT2D eigenvalue weighted by Gasteiger charge is -2.18. The fraction of sp³-hybridized carbons (Fsp3) is 0.562. The highest BCUT2D eigenvalue weighted by Crippen LogP contribution is 2.40. The number of fused-ring (bicyclic) bond motifs is 3. The third-order valence-electron chi connectivity index (χ3n) is 4.34. The molecule has 2 aliphatic carbocycles. The van der Waals surface area contributed by atoms with Gasteiger partial charge in [-0.2, -0.15) is 0 Å². The molecule has 2 aliphatic rings. The molecule has 22 heavy (non-hydrogen) atoms. The van der Waals surface area contributed by atoms with Gasteiger partial charge in [-0.25, -0.2) is 9.97 Å². The van der Waals surface area contributed by atoms with Crippen LogP contribution in [0.15, 0.2) is 6.33 Å². The maximum atomic E-state index is 11.8. The van der Waals surface area contributed by atoms with Crippen LogP contribution >= 0.6 is 11.3 Å². The Morgan fingerprint density at radius 3 is 3.09 bits per heavy atom. The summed E-state index contributed by atoms with van der Waals surface area (Å²) in [6.45, 7) is 2.32. The summed E-state index contributed by atoms with van der Waals surface area (Å²) in [6.07, 6.45) is 7.04. The Labute approximate surface area is 133 Å². The molecule has 0 radical (unpaired) electrons. The summed E-state index contributed by atoms with van der Waals surface area (Å²) in [5.74, 6) is 1.22. The van der Waals surface area contributed by atoms with Crippen molar-refractivity contribution in [2.45, 2.75) is 45.1 Å². The second kappa shape index (κ2) is 5.50. The fourth-order valence-corrected chi connectivity index (χ4v) is 4.33. The molecule has 1 unspecified atom stereocenters. The SMILES string of the molecule is CC1CCc2c(sc3ncnc(OCC(=O)NC4CC4)c23)C1. The molecule has 1 fully saturated rings. The van der Waals surface area contributed by atoms with Crippen molar-refractivity contribution in [1.82, 2.24) is 15.3 Å². The first kappa shape index (κ1) is 13.9. The molecule has 6 heteroatoms. The number of amides is 1. The molecule has 2 heterocycles. The number of hydrogen-bond acceptors (Lipinski definition) is 5. The zero-order chi connectivity index (χ0) is 15.1. The second-order valence-electron chi connectivity index (χ2n) is 6.34. The van der Waals surface area contributed by atoms with Crippen molar-refractivity contribution in [3.63, 3.8) is 0 Å². The zero-order valence-corrected chi connectivity index (χ0v) is 13.4. The highest BCUT2D eigenvalue weighted by atomic mass is 32.1. The first-order valence-electron chi connectivity index (χ1n) is 7.88. The van der Waals surface area contributed by atoms with Crippen LogP contribution in [0, 0.1) is 5.92 Å². The Morgan fingerprint density at radius 1 is 1.41 bits per heavy atom. The first-order valence-corrected chi connectivity index (χ1v) is 8.69. The van der Waals surface area contributed by atoms with Gasteiger partial charge in [-0.05, 0) is 43.6 Å². The Kier molecular flexibility index (Phi) is 3.48. The van der Waals surface area contributed by atoms with Gasteiger partial charge < -0.3 is 10.1 Å². The molecule has 0 bridgehead atoms. The number of thiophene rings is 1. The van der Waals surface area contributed by atoms with E-state index in [0.717, 1.165) is 41.8 Å². The summed E-state index contributed by atoms with van der Waals surface area (Å²) < 4.78 is 5.70. The minimum Gasteiger partial charge on any atom is -0.467 e. The highest BCUT2D eigenvalue weighted by Gasteiger charge is 2.25.